The molecule has 2 aromatic rings. The number of ether oxygens (including phenoxy) is 2. The van der Waals surface area contributed by atoms with Gasteiger partial charge in [0.2, 0.25) is 0 Å². The highest BCUT2D eigenvalue weighted by Gasteiger charge is 2.19. The highest BCUT2D eigenvalue weighted by Crippen LogP contribution is 2.28. The largest absolute Gasteiger partial charge is 0.497 e. The van der Waals surface area contributed by atoms with Crippen LogP contribution >= 0.6 is 0 Å². The van der Waals surface area contributed by atoms with Crippen molar-refractivity contribution in [2.75, 3.05) is 33.1 Å². The number of likely N-dealkylation sites (N-methyl/N-ethyl adjacent to an activating group) is 1. The molecule has 5 nitrogen and oxygen atoms in total. The number of methoxy groups -OCH3 is 2. The second-order valence-corrected chi connectivity index (χ2v) is 5.95. The van der Waals surface area contributed by atoms with E-state index in [0.29, 0.717) is 17.1 Å². The summed E-state index contributed by atoms with van der Waals surface area (Å²) in [6, 6.07) is 11.3. The predicted octanol–water partition coefficient (Wildman–Crippen LogP) is 2.94. The number of nitrogens with one attached hydrogen (secondary N) is 1. The number of rotatable bonds is 4. The number of benzene rings is 2. The fourth-order valence-corrected chi connectivity index (χ4v) is 3.05. The molecule has 24 heavy (non-hydrogen) atoms. The Morgan fingerprint density at radius 1 is 1.17 bits per heavy atom. The number of nitrogens with zero attached hydrogens (tertiary/aromatic N) is 1. The molecule has 0 fully saturated rings. The Hall–Kier alpha value is -2.53. The summed E-state index contributed by atoms with van der Waals surface area (Å²) in [5.74, 6) is 0.952. The van der Waals surface area contributed by atoms with Crippen molar-refractivity contribution in [1.82, 2.24) is 4.90 Å². The van der Waals surface area contributed by atoms with Crippen LogP contribution in [0.1, 0.15) is 21.5 Å². The minimum absolute atomic E-state index is 0.196. The maximum absolute atomic E-state index is 12.8. The molecule has 0 saturated carbocycles. The van der Waals surface area contributed by atoms with Gasteiger partial charge in [0.25, 0.3) is 5.91 Å². The Morgan fingerprint density at radius 3 is 2.75 bits per heavy atom. The lowest BCUT2D eigenvalue weighted by molar-refractivity contribution is 0.102. The Kier molecular flexibility index (Phi) is 4.71. The molecular formula is C19H22N2O3. The molecule has 1 N–H and O–H groups in total. The smallest absolute Gasteiger partial charge is 0.259 e. The van der Waals surface area contributed by atoms with Crippen LogP contribution in [0.15, 0.2) is 36.4 Å². The maximum Gasteiger partial charge on any atom is 0.259 e. The Morgan fingerprint density at radius 2 is 2.00 bits per heavy atom. The summed E-state index contributed by atoms with van der Waals surface area (Å²) >= 11 is 0. The monoisotopic (exact) mass is 326 g/mol. The van der Waals surface area contributed by atoms with Crippen LogP contribution in [0.5, 0.6) is 11.5 Å². The molecule has 0 bridgehead atoms. The van der Waals surface area contributed by atoms with E-state index in [1.807, 2.05) is 12.1 Å². The van der Waals surface area contributed by atoms with Crippen LogP contribution in [-0.4, -0.2) is 38.6 Å². The first-order chi connectivity index (χ1) is 11.6. The van der Waals surface area contributed by atoms with Crippen LogP contribution in [0.2, 0.25) is 0 Å². The lowest BCUT2D eigenvalue weighted by Crippen LogP contribution is -2.27. The standard InChI is InChI=1S/C19H22N2O3/c1-21-10-9-15-13(12-21)5-4-6-17(15)20-19(22)16-11-14(23-2)7-8-18(16)24-3/h4-8,11H,9-10,12H2,1-3H3,(H,20,22). The van der Waals surface area contributed by atoms with E-state index in [0.717, 1.165) is 25.2 Å². The molecule has 126 valence electrons. The fraction of sp³-hybridized carbons (Fsp3) is 0.316. The van der Waals surface area contributed by atoms with Gasteiger partial charge in [-0.3, -0.25) is 4.79 Å². The highest BCUT2D eigenvalue weighted by molar-refractivity contribution is 6.07. The summed E-state index contributed by atoms with van der Waals surface area (Å²) in [4.78, 5) is 15.0. The van der Waals surface area contributed by atoms with E-state index in [-0.39, 0.29) is 5.91 Å². The Balaban J connectivity index is 1.90. The first-order valence-corrected chi connectivity index (χ1v) is 7.95. The van der Waals surface area contributed by atoms with Crippen LogP contribution in [0, 0.1) is 0 Å². The lowest BCUT2D eigenvalue weighted by atomic mass is 9.98. The zero-order valence-corrected chi connectivity index (χ0v) is 14.3. The summed E-state index contributed by atoms with van der Waals surface area (Å²) < 4.78 is 10.5. The van der Waals surface area contributed by atoms with Gasteiger partial charge in [-0.2, -0.15) is 0 Å². The van der Waals surface area contributed by atoms with Gasteiger partial charge in [0.15, 0.2) is 0 Å². The number of fused-ring (bicyclic) bond motifs is 1. The summed E-state index contributed by atoms with van der Waals surface area (Å²) in [6.07, 6.45) is 0.928. The van der Waals surface area contributed by atoms with E-state index in [1.165, 1.54) is 11.1 Å². The Bertz CT molecular complexity index is 758. The number of hydrogen-bond donors (Lipinski definition) is 1. The SMILES string of the molecule is COc1ccc(OC)c(C(=O)Nc2cccc3c2CCN(C)C3)c1. The number of anilines is 1. The summed E-state index contributed by atoms with van der Waals surface area (Å²) in [7, 11) is 5.24. The molecule has 0 unspecified atom stereocenters. The van der Waals surface area contributed by atoms with Crippen molar-refractivity contribution in [2.45, 2.75) is 13.0 Å². The van der Waals surface area contributed by atoms with E-state index in [4.69, 9.17) is 9.47 Å². The van der Waals surface area contributed by atoms with Crippen LogP contribution in [-0.2, 0) is 13.0 Å². The molecule has 1 heterocycles. The number of amides is 1. The molecule has 0 spiro atoms. The van der Waals surface area contributed by atoms with Gasteiger partial charge in [-0.1, -0.05) is 12.1 Å². The van der Waals surface area contributed by atoms with E-state index in [9.17, 15) is 4.79 Å². The van der Waals surface area contributed by atoms with Crippen molar-refractivity contribution in [3.8, 4) is 11.5 Å². The van der Waals surface area contributed by atoms with E-state index in [1.54, 1.807) is 32.4 Å². The number of carbonyl (C=O) groups is 1. The first kappa shape index (κ1) is 16.3. The van der Waals surface area contributed by atoms with Crippen LogP contribution < -0.4 is 14.8 Å². The third-order valence-electron chi connectivity index (χ3n) is 4.36. The molecule has 1 aliphatic rings. The van der Waals surface area contributed by atoms with Gasteiger partial charge in [0.05, 0.1) is 19.8 Å². The van der Waals surface area contributed by atoms with Crippen molar-refractivity contribution in [3.63, 3.8) is 0 Å². The molecule has 3 rings (SSSR count). The fourth-order valence-electron chi connectivity index (χ4n) is 3.05. The molecule has 1 amide bonds. The summed E-state index contributed by atoms with van der Waals surface area (Å²) in [6.45, 7) is 1.89. The Labute approximate surface area is 142 Å². The molecule has 0 radical (unpaired) electrons. The third kappa shape index (κ3) is 3.21. The number of hydrogen-bond acceptors (Lipinski definition) is 4. The minimum Gasteiger partial charge on any atom is -0.497 e. The second kappa shape index (κ2) is 6.93. The molecule has 2 aromatic carbocycles. The third-order valence-corrected chi connectivity index (χ3v) is 4.36. The van der Waals surface area contributed by atoms with Gasteiger partial charge < -0.3 is 19.7 Å². The van der Waals surface area contributed by atoms with E-state index >= 15 is 0 Å². The predicted molar refractivity (Wildman–Crippen MR) is 94.0 cm³/mol. The molecule has 0 saturated heterocycles. The van der Waals surface area contributed by atoms with Crippen molar-refractivity contribution < 1.29 is 14.3 Å². The topological polar surface area (TPSA) is 50.8 Å². The normalized spacial score (nSPS) is 14.0. The van der Waals surface area contributed by atoms with Crippen LogP contribution in [0.25, 0.3) is 0 Å². The van der Waals surface area contributed by atoms with E-state index < -0.39 is 0 Å². The van der Waals surface area contributed by atoms with Crippen molar-refractivity contribution in [2.24, 2.45) is 0 Å². The van der Waals surface area contributed by atoms with Gasteiger partial charge in [-0.25, -0.2) is 0 Å². The average Bonchev–Trinajstić information content (AvgIpc) is 2.61. The number of carbonyl (C=O) groups excluding carboxylic acids is 1. The van der Waals surface area contributed by atoms with Gasteiger partial charge >= 0.3 is 0 Å². The van der Waals surface area contributed by atoms with Crippen molar-refractivity contribution in [1.29, 1.82) is 0 Å². The van der Waals surface area contributed by atoms with Crippen molar-refractivity contribution in [3.05, 3.63) is 53.1 Å². The zero-order chi connectivity index (χ0) is 17.1. The second-order valence-electron chi connectivity index (χ2n) is 5.95. The quantitative estimate of drug-likeness (QED) is 0.938. The molecule has 5 heteroatoms. The van der Waals surface area contributed by atoms with Gasteiger partial charge in [0, 0.05) is 18.8 Å². The summed E-state index contributed by atoms with van der Waals surface area (Å²) in [5.41, 5.74) is 3.81. The van der Waals surface area contributed by atoms with Gasteiger partial charge in [0.1, 0.15) is 11.5 Å². The molecule has 0 atom stereocenters. The lowest BCUT2D eigenvalue weighted by Gasteiger charge is -2.26. The molecule has 0 aromatic heterocycles. The highest BCUT2D eigenvalue weighted by atomic mass is 16.5. The van der Waals surface area contributed by atoms with Crippen molar-refractivity contribution >= 4 is 11.6 Å². The maximum atomic E-state index is 12.8. The zero-order valence-electron chi connectivity index (χ0n) is 14.3. The molecule has 1 aliphatic heterocycles. The average molecular weight is 326 g/mol. The van der Waals surface area contributed by atoms with Gasteiger partial charge in [-0.15, -0.1) is 0 Å². The van der Waals surface area contributed by atoms with Gasteiger partial charge in [-0.05, 0) is 48.9 Å². The summed E-state index contributed by atoms with van der Waals surface area (Å²) in [5, 5.41) is 3.03. The van der Waals surface area contributed by atoms with E-state index in [2.05, 4.69) is 23.3 Å². The first-order valence-electron chi connectivity index (χ1n) is 7.95. The molecular weight excluding hydrogens is 304 g/mol. The minimum atomic E-state index is -0.196. The van der Waals surface area contributed by atoms with Crippen LogP contribution in [0.4, 0.5) is 5.69 Å². The molecule has 0 aliphatic carbocycles. The van der Waals surface area contributed by atoms with Crippen LogP contribution in [0.3, 0.4) is 0 Å².